The van der Waals surface area contributed by atoms with Crippen LogP contribution in [0.3, 0.4) is 0 Å². The second-order valence-electron chi connectivity index (χ2n) is 23.9. The molecule has 0 aromatic rings. The highest BCUT2D eigenvalue weighted by Crippen LogP contribution is 2.37. The summed E-state index contributed by atoms with van der Waals surface area (Å²) in [4.78, 5) is 25.3. The minimum absolute atomic E-state index is 0.0227. The molecule has 422 valence electrons. The number of carbonyl (C=O) groups is 1. The maximum Gasteiger partial charge on any atom is 0.237 e. The Kier molecular flexibility index (Phi) is 44.7. The molecule has 1 N–H and O–H groups in total. The summed E-state index contributed by atoms with van der Waals surface area (Å²) >= 11 is 0. The van der Waals surface area contributed by atoms with E-state index in [1.54, 1.807) is 0 Å². The Balaban J connectivity index is 2.14. The summed E-state index contributed by atoms with van der Waals surface area (Å²) in [6.45, 7) is 23.7. The zero-order chi connectivity index (χ0) is 51.1. The van der Waals surface area contributed by atoms with E-state index in [2.05, 4.69) is 66.5 Å². The quantitative estimate of drug-likeness (QED) is 0.0615. The van der Waals surface area contributed by atoms with Gasteiger partial charge in [0.05, 0.1) is 12.2 Å². The number of hydrogen-bond acceptors (Lipinski definition) is 5. The Bertz CT molecular complexity index is 1090. The van der Waals surface area contributed by atoms with Crippen LogP contribution in [0.25, 0.3) is 0 Å². The van der Waals surface area contributed by atoms with Crippen molar-refractivity contribution in [1.29, 1.82) is 0 Å². The number of hydrogen-bond donors (Lipinski definition) is 1. The van der Waals surface area contributed by atoms with Gasteiger partial charge in [0.15, 0.2) is 0 Å². The fraction of sp³-hybridized carbons (Fsp3) is 0.985. The number of nitrogens with one attached hydrogen (secondary N) is 1. The van der Waals surface area contributed by atoms with Gasteiger partial charge in [0.2, 0.25) is 5.91 Å². The summed E-state index contributed by atoms with van der Waals surface area (Å²) in [5.74, 6) is 0.423. The molecule has 2 rings (SSSR count). The van der Waals surface area contributed by atoms with Crippen molar-refractivity contribution in [3.05, 3.63) is 0 Å². The van der Waals surface area contributed by atoms with Gasteiger partial charge in [-0.15, -0.1) is 0 Å². The molecule has 1 amide bonds. The van der Waals surface area contributed by atoms with Gasteiger partial charge >= 0.3 is 0 Å². The van der Waals surface area contributed by atoms with Crippen LogP contribution in [0.1, 0.15) is 337 Å². The first-order valence-corrected chi connectivity index (χ1v) is 33.2. The molecule has 0 aromatic heterocycles. The van der Waals surface area contributed by atoms with E-state index in [-0.39, 0.29) is 5.66 Å². The predicted octanol–water partition coefficient (Wildman–Crippen LogP) is 18.8. The Labute approximate surface area is 447 Å². The number of fused-ring (bicyclic) bond motifs is 2. The van der Waals surface area contributed by atoms with Gasteiger partial charge in [-0.3, -0.25) is 19.9 Å². The molecule has 0 saturated carbocycles. The maximum atomic E-state index is 14.4. The third kappa shape index (κ3) is 33.2. The summed E-state index contributed by atoms with van der Waals surface area (Å²) in [5.41, 5.74) is -0.0227. The molecule has 2 fully saturated rings. The number of unbranched alkanes of at least 4 members (excludes halogenated alkanes) is 39. The second kappa shape index (κ2) is 47.7. The van der Waals surface area contributed by atoms with E-state index in [1.807, 2.05) is 0 Å². The van der Waals surface area contributed by atoms with Crippen LogP contribution in [0.15, 0.2) is 0 Å². The van der Waals surface area contributed by atoms with Crippen LogP contribution in [0.2, 0.25) is 0 Å². The predicted molar refractivity (Wildman–Crippen MR) is 316 cm³/mol. The van der Waals surface area contributed by atoms with Gasteiger partial charge in [0.25, 0.3) is 0 Å². The zero-order valence-electron chi connectivity index (χ0n) is 49.7. The second-order valence-corrected chi connectivity index (χ2v) is 23.9. The average Bonchev–Trinajstić information content (AvgIpc) is 4.00. The standard InChI is InChI=1S/C65H131N5O/c1-7-13-18-23-28-31-34-37-42-47-52-66-65(12-6,61-68(55-50-45-40-35-32-29-24-19-14-8-2)56-51-46-41-36-33-30-25-20-15-9-3)70-59-62-57-63(70)58-69(62)64(71)60-67(53-48-43-38-26-21-16-10-4)54-49-44-39-27-22-17-11-5/h62-63,66H,7-61H2,1-6H3. The van der Waals surface area contributed by atoms with Crippen molar-refractivity contribution >= 4 is 5.91 Å². The highest BCUT2D eigenvalue weighted by atomic mass is 16.2. The van der Waals surface area contributed by atoms with Gasteiger partial charge in [-0.2, -0.15) is 0 Å². The first-order valence-electron chi connectivity index (χ1n) is 33.2. The third-order valence-corrected chi connectivity index (χ3v) is 17.3. The molecule has 0 spiro atoms. The van der Waals surface area contributed by atoms with Crippen molar-refractivity contribution in [3.8, 4) is 0 Å². The van der Waals surface area contributed by atoms with Gasteiger partial charge in [0.1, 0.15) is 0 Å². The first kappa shape index (κ1) is 66.4. The highest BCUT2D eigenvalue weighted by molar-refractivity contribution is 5.79. The molecule has 6 heteroatoms. The smallest absolute Gasteiger partial charge is 0.237 e. The van der Waals surface area contributed by atoms with E-state index in [0.717, 1.165) is 45.7 Å². The van der Waals surface area contributed by atoms with Gasteiger partial charge in [0, 0.05) is 31.7 Å². The lowest BCUT2D eigenvalue weighted by molar-refractivity contribution is -0.136. The maximum absolute atomic E-state index is 14.4. The fourth-order valence-electron chi connectivity index (χ4n) is 12.5. The molecule has 2 aliphatic heterocycles. The zero-order valence-corrected chi connectivity index (χ0v) is 49.7. The Morgan fingerprint density at radius 2 is 0.704 bits per heavy atom. The number of nitrogens with zero attached hydrogens (tertiary/aromatic N) is 4. The number of carbonyl (C=O) groups excluding carboxylic acids is 1. The highest BCUT2D eigenvalue weighted by Gasteiger charge is 2.52. The van der Waals surface area contributed by atoms with Crippen LogP contribution in [0, 0.1) is 0 Å². The lowest BCUT2D eigenvalue weighted by Gasteiger charge is -2.50. The number of amides is 1. The molecule has 0 aromatic carbocycles. The van der Waals surface area contributed by atoms with E-state index in [4.69, 9.17) is 0 Å². The molecule has 2 saturated heterocycles. The van der Waals surface area contributed by atoms with Crippen molar-refractivity contribution in [2.24, 2.45) is 0 Å². The average molecular weight is 999 g/mol. The summed E-state index contributed by atoms with van der Waals surface area (Å²) in [6.07, 6.45) is 63.0. The Morgan fingerprint density at radius 1 is 0.394 bits per heavy atom. The number of likely N-dealkylation sites (tertiary alicyclic amines) is 2. The number of piperazine rings is 1. The fourth-order valence-corrected chi connectivity index (χ4v) is 12.5. The van der Waals surface area contributed by atoms with Gasteiger partial charge < -0.3 is 9.80 Å². The van der Waals surface area contributed by atoms with Crippen LogP contribution in [-0.4, -0.2) is 102 Å². The van der Waals surface area contributed by atoms with Crippen molar-refractivity contribution in [2.45, 2.75) is 355 Å². The monoisotopic (exact) mass is 998 g/mol. The lowest BCUT2D eigenvalue weighted by atomic mass is 9.99. The van der Waals surface area contributed by atoms with Crippen LogP contribution in [-0.2, 0) is 4.79 Å². The molecule has 2 bridgehead atoms. The van der Waals surface area contributed by atoms with Crippen LogP contribution in [0.5, 0.6) is 0 Å². The number of rotatable bonds is 56. The van der Waals surface area contributed by atoms with E-state index in [9.17, 15) is 4.79 Å². The molecule has 71 heavy (non-hydrogen) atoms. The van der Waals surface area contributed by atoms with Crippen molar-refractivity contribution < 1.29 is 4.79 Å². The van der Waals surface area contributed by atoms with Crippen molar-refractivity contribution in [3.63, 3.8) is 0 Å². The van der Waals surface area contributed by atoms with E-state index in [0.29, 0.717) is 24.5 Å². The summed E-state index contributed by atoms with van der Waals surface area (Å²) in [6, 6.07) is 0.842. The minimum Gasteiger partial charge on any atom is -0.336 e. The van der Waals surface area contributed by atoms with Gasteiger partial charge in [-0.1, -0.05) is 292 Å². The molecule has 3 unspecified atom stereocenters. The van der Waals surface area contributed by atoms with Crippen molar-refractivity contribution in [2.75, 3.05) is 58.9 Å². The van der Waals surface area contributed by atoms with Crippen LogP contribution >= 0.6 is 0 Å². The molecule has 3 atom stereocenters. The van der Waals surface area contributed by atoms with E-state index >= 15 is 0 Å². The van der Waals surface area contributed by atoms with E-state index in [1.165, 1.54) is 302 Å². The molecule has 0 aliphatic carbocycles. The third-order valence-electron chi connectivity index (χ3n) is 17.3. The van der Waals surface area contributed by atoms with Crippen molar-refractivity contribution in [1.82, 2.24) is 24.9 Å². The molecular weight excluding hydrogens is 867 g/mol. The van der Waals surface area contributed by atoms with E-state index < -0.39 is 0 Å². The molecular formula is C65H131N5O. The summed E-state index contributed by atoms with van der Waals surface area (Å²) in [7, 11) is 0. The normalized spacial score (nSPS) is 16.9. The minimum atomic E-state index is -0.0227. The molecule has 2 heterocycles. The first-order chi connectivity index (χ1) is 35.0. The molecule has 6 nitrogen and oxygen atoms in total. The van der Waals surface area contributed by atoms with Crippen LogP contribution in [0.4, 0.5) is 0 Å². The molecule has 2 aliphatic rings. The largest absolute Gasteiger partial charge is 0.336 e. The topological polar surface area (TPSA) is 42.1 Å². The van der Waals surface area contributed by atoms with Gasteiger partial charge in [-0.05, 0) is 77.7 Å². The van der Waals surface area contributed by atoms with Gasteiger partial charge in [-0.25, -0.2) is 0 Å². The van der Waals surface area contributed by atoms with Crippen LogP contribution < -0.4 is 5.32 Å². The Morgan fingerprint density at radius 3 is 1.01 bits per heavy atom. The lowest BCUT2D eigenvalue weighted by Crippen LogP contribution is -2.68. The Hall–Kier alpha value is -0.690. The summed E-state index contributed by atoms with van der Waals surface area (Å²) < 4.78 is 0. The SMILES string of the molecule is CCCCCCCCCCCCNC(CC)(CN(CCCCCCCCCCCC)CCCCCCCCCCCC)N1CC2CC1CN2C(=O)CN(CCCCCCCCC)CCCCCCCCC. The molecule has 0 radical (unpaired) electrons. The summed E-state index contributed by atoms with van der Waals surface area (Å²) in [5, 5.41) is 4.38.